The minimum Gasteiger partial charge on any atom is -0.497 e. The van der Waals surface area contributed by atoms with Gasteiger partial charge in [-0.25, -0.2) is 4.98 Å². The summed E-state index contributed by atoms with van der Waals surface area (Å²) in [5, 5.41) is 0.603. The molecule has 1 saturated carbocycles. The molecule has 0 saturated heterocycles. The molecule has 6 heteroatoms. The average molecular weight is 351 g/mol. The Bertz CT molecular complexity index is 995. The quantitative estimate of drug-likeness (QED) is 0.739. The van der Waals surface area contributed by atoms with E-state index in [1.54, 1.807) is 20.3 Å². The number of fused-ring (bicyclic) bond motifs is 1. The minimum atomic E-state index is -0.117. The van der Waals surface area contributed by atoms with Gasteiger partial charge in [0.1, 0.15) is 11.5 Å². The van der Waals surface area contributed by atoms with Crippen molar-refractivity contribution in [1.82, 2.24) is 9.97 Å². The Balaban J connectivity index is 1.75. The molecule has 2 aromatic carbocycles. The van der Waals surface area contributed by atoms with E-state index in [1.807, 2.05) is 36.4 Å². The van der Waals surface area contributed by atoms with Gasteiger partial charge in [-0.15, -0.1) is 0 Å². The summed E-state index contributed by atoms with van der Waals surface area (Å²) in [4.78, 5) is 22.2. The maximum atomic E-state index is 12.5. The van der Waals surface area contributed by atoms with E-state index in [0.717, 1.165) is 29.9 Å². The lowest BCUT2D eigenvalue weighted by molar-refractivity contribution is 0.398. The largest absolute Gasteiger partial charge is 0.497 e. The van der Waals surface area contributed by atoms with Crippen molar-refractivity contribution in [2.45, 2.75) is 25.4 Å². The Morgan fingerprint density at radius 1 is 1.15 bits per heavy atom. The smallest absolute Gasteiger partial charge is 0.260 e. The molecule has 1 fully saturated rings. The number of hydrogen-bond acceptors (Lipinski definition) is 5. The van der Waals surface area contributed by atoms with E-state index in [1.165, 1.54) is 0 Å². The number of hydrogen-bond donors (Lipinski definition) is 1. The second-order valence-electron chi connectivity index (χ2n) is 6.44. The Morgan fingerprint density at radius 2 is 1.96 bits per heavy atom. The van der Waals surface area contributed by atoms with Gasteiger partial charge in [-0.2, -0.15) is 0 Å². The third-order valence-electron chi connectivity index (χ3n) is 4.69. The molecule has 1 aliphatic rings. The zero-order chi connectivity index (χ0) is 18.1. The monoisotopic (exact) mass is 351 g/mol. The molecule has 3 aromatic rings. The number of ether oxygens (including phenoxy) is 2. The number of methoxy groups -OCH3 is 2. The van der Waals surface area contributed by atoms with Crippen molar-refractivity contribution in [1.29, 1.82) is 0 Å². The van der Waals surface area contributed by atoms with Gasteiger partial charge in [-0.05, 0) is 43.2 Å². The molecule has 0 bridgehead atoms. The predicted molar refractivity (Wildman–Crippen MR) is 101 cm³/mol. The number of para-hydroxylation sites is 1. The van der Waals surface area contributed by atoms with Gasteiger partial charge >= 0.3 is 0 Å². The first-order valence-corrected chi connectivity index (χ1v) is 8.66. The van der Waals surface area contributed by atoms with Crippen LogP contribution in [-0.2, 0) is 6.54 Å². The highest BCUT2D eigenvalue weighted by atomic mass is 16.5. The number of nitrogens with zero attached hydrogens (tertiary/aromatic N) is 2. The highest BCUT2D eigenvalue weighted by Crippen LogP contribution is 2.34. The van der Waals surface area contributed by atoms with Gasteiger partial charge in [0.05, 0.1) is 25.1 Å². The molecule has 1 N–H and O–H groups in total. The van der Waals surface area contributed by atoms with Gasteiger partial charge in [0.25, 0.3) is 5.56 Å². The number of aromatic amines is 1. The third kappa shape index (κ3) is 3.10. The van der Waals surface area contributed by atoms with Gasteiger partial charge in [-0.3, -0.25) is 9.78 Å². The topological polar surface area (TPSA) is 67.5 Å². The normalized spacial score (nSPS) is 13.6. The van der Waals surface area contributed by atoms with Crippen LogP contribution in [0.4, 0.5) is 5.95 Å². The lowest BCUT2D eigenvalue weighted by Crippen LogP contribution is -2.29. The standard InChI is InChI=1S/C20H21N3O3/c1-25-15-9-10-18(26-2)13(11-15)12-23(14-7-8-14)20-21-17-6-4-3-5-16(17)19(24)22-20/h3-6,9-11,14H,7-8,12H2,1-2H3,(H,21,22,24). The second kappa shape index (κ2) is 6.71. The SMILES string of the molecule is COc1ccc(OC)c(CN(c2nc3ccccc3c(=O)[nH]2)C2CC2)c1. The van der Waals surface area contributed by atoms with Crippen LogP contribution in [0, 0.1) is 0 Å². The minimum absolute atomic E-state index is 0.117. The van der Waals surface area contributed by atoms with Crippen LogP contribution in [0.1, 0.15) is 18.4 Å². The number of nitrogens with one attached hydrogen (secondary N) is 1. The highest BCUT2D eigenvalue weighted by molar-refractivity contribution is 5.78. The number of rotatable bonds is 6. The molecule has 1 heterocycles. The lowest BCUT2D eigenvalue weighted by Gasteiger charge is -2.24. The van der Waals surface area contributed by atoms with Crippen LogP contribution in [0.5, 0.6) is 11.5 Å². The van der Waals surface area contributed by atoms with Crippen LogP contribution in [0.15, 0.2) is 47.3 Å². The van der Waals surface area contributed by atoms with E-state index in [-0.39, 0.29) is 5.56 Å². The fourth-order valence-electron chi connectivity index (χ4n) is 3.16. The van der Waals surface area contributed by atoms with Crippen LogP contribution in [0.2, 0.25) is 0 Å². The van der Waals surface area contributed by atoms with Crippen molar-refractivity contribution in [3.05, 3.63) is 58.4 Å². The predicted octanol–water partition coefficient (Wildman–Crippen LogP) is 3.11. The first kappa shape index (κ1) is 16.4. The molecule has 0 aliphatic heterocycles. The number of H-pyrrole nitrogens is 1. The van der Waals surface area contributed by atoms with E-state index in [4.69, 9.17) is 14.5 Å². The molecule has 0 spiro atoms. The summed E-state index contributed by atoms with van der Waals surface area (Å²) in [5.74, 6) is 2.16. The van der Waals surface area contributed by atoms with Crippen LogP contribution >= 0.6 is 0 Å². The van der Waals surface area contributed by atoms with E-state index in [2.05, 4.69) is 9.88 Å². The molecule has 6 nitrogen and oxygen atoms in total. The van der Waals surface area contributed by atoms with Crippen LogP contribution in [0.3, 0.4) is 0 Å². The molecular formula is C20H21N3O3. The Kier molecular flexibility index (Phi) is 4.24. The first-order chi connectivity index (χ1) is 12.7. The maximum Gasteiger partial charge on any atom is 0.260 e. The molecule has 0 unspecified atom stereocenters. The van der Waals surface area contributed by atoms with Crippen molar-refractivity contribution in [3.8, 4) is 11.5 Å². The summed E-state index contributed by atoms with van der Waals surface area (Å²) in [6.45, 7) is 0.590. The highest BCUT2D eigenvalue weighted by Gasteiger charge is 2.31. The number of benzene rings is 2. The van der Waals surface area contributed by atoms with Crippen molar-refractivity contribution in [3.63, 3.8) is 0 Å². The molecule has 0 atom stereocenters. The zero-order valence-corrected chi connectivity index (χ0v) is 14.9. The Morgan fingerprint density at radius 3 is 2.69 bits per heavy atom. The van der Waals surface area contributed by atoms with Gasteiger partial charge < -0.3 is 14.4 Å². The molecule has 4 rings (SSSR count). The summed E-state index contributed by atoms with van der Waals surface area (Å²) in [5.41, 5.74) is 1.58. The van der Waals surface area contributed by atoms with E-state index >= 15 is 0 Å². The summed E-state index contributed by atoms with van der Waals surface area (Å²) in [6.07, 6.45) is 2.17. The van der Waals surface area contributed by atoms with Crippen molar-refractivity contribution in [2.75, 3.05) is 19.1 Å². The lowest BCUT2D eigenvalue weighted by atomic mass is 10.1. The zero-order valence-electron chi connectivity index (χ0n) is 14.9. The summed E-state index contributed by atoms with van der Waals surface area (Å²) in [7, 11) is 3.30. The molecule has 26 heavy (non-hydrogen) atoms. The number of aromatic nitrogens is 2. The maximum absolute atomic E-state index is 12.5. The molecule has 0 amide bonds. The van der Waals surface area contributed by atoms with Crippen molar-refractivity contribution < 1.29 is 9.47 Å². The van der Waals surface area contributed by atoms with E-state index < -0.39 is 0 Å². The van der Waals surface area contributed by atoms with Crippen LogP contribution < -0.4 is 19.9 Å². The Labute approximate surface area is 151 Å². The fraction of sp³-hybridized carbons (Fsp3) is 0.300. The summed E-state index contributed by atoms with van der Waals surface area (Å²) in [6, 6.07) is 13.5. The first-order valence-electron chi connectivity index (χ1n) is 8.66. The fourth-order valence-corrected chi connectivity index (χ4v) is 3.16. The Hall–Kier alpha value is -3.02. The van der Waals surface area contributed by atoms with Crippen LogP contribution in [-0.4, -0.2) is 30.2 Å². The van der Waals surface area contributed by atoms with Gasteiger partial charge in [0.15, 0.2) is 0 Å². The number of anilines is 1. The van der Waals surface area contributed by atoms with Crippen molar-refractivity contribution in [2.24, 2.45) is 0 Å². The molecular weight excluding hydrogens is 330 g/mol. The van der Waals surface area contributed by atoms with E-state index in [9.17, 15) is 4.79 Å². The van der Waals surface area contributed by atoms with Gasteiger partial charge in [0, 0.05) is 18.2 Å². The molecule has 0 radical (unpaired) electrons. The molecule has 1 aliphatic carbocycles. The molecule has 1 aromatic heterocycles. The summed E-state index contributed by atoms with van der Waals surface area (Å²) < 4.78 is 10.8. The van der Waals surface area contributed by atoms with Gasteiger partial charge in [0.2, 0.25) is 5.95 Å². The molecule has 134 valence electrons. The third-order valence-corrected chi connectivity index (χ3v) is 4.69. The van der Waals surface area contributed by atoms with Crippen molar-refractivity contribution >= 4 is 16.9 Å². The van der Waals surface area contributed by atoms with E-state index in [0.29, 0.717) is 29.4 Å². The van der Waals surface area contributed by atoms with Gasteiger partial charge in [-0.1, -0.05) is 12.1 Å². The average Bonchev–Trinajstić information content (AvgIpc) is 3.51. The summed E-state index contributed by atoms with van der Waals surface area (Å²) >= 11 is 0. The van der Waals surface area contributed by atoms with Crippen LogP contribution in [0.25, 0.3) is 10.9 Å². The second-order valence-corrected chi connectivity index (χ2v) is 6.44.